The van der Waals surface area contributed by atoms with Crippen molar-refractivity contribution in [3.8, 4) is 0 Å². The van der Waals surface area contributed by atoms with Gasteiger partial charge in [-0.15, -0.1) is 0 Å². The highest BCUT2D eigenvalue weighted by atomic mass is 15.3. The van der Waals surface area contributed by atoms with Crippen molar-refractivity contribution in [2.24, 2.45) is 0 Å². The number of nitrogens with zero attached hydrogens (tertiary/aromatic N) is 3. The lowest BCUT2D eigenvalue weighted by Crippen LogP contribution is -2.53. The van der Waals surface area contributed by atoms with Gasteiger partial charge in [0, 0.05) is 37.0 Å². The summed E-state index contributed by atoms with van der Waals surface area (Å²) in [4.78, 5) is 9.43. The zero-order valence-corrected chi connectivity index (χ0v) is 16.0. The van der Waals surface area contributed by atoms with Gasteiger partial charge < -0.3 is 0 Å². The topological polar surface area (TPSA) is 31.4 Å². The maximum absolute atomic E-state index is 4.49. The molecule has 0 unspecified atom stereocenters. The summed E-state index contributed by atoms with van der Waals surface area (Å²) in [6, 6.07) is 17.2. The van der Waals surface area contributed by atoms with E-state index >= 15 is 0 Å². The minimum Gasteiger partial charge on any atom is -0.300 e. The lowest BCUT2D eigenvalue weighted by atomic mass is 9.69. The van der Waals surface area contributed by atoms with Gasteiger partial charge in [-0.25, -0.2) is 0 Å². The Morgan fingerprint density at radius 1 is 1.00 bits per heavy atom. The summed E-state index contributed by atoms with van der Waals surface area (Å²) in [6.07, 6.45) is 6.74. The summed E-state index contributed by atoms with van der Waals surface area (Å²) in [5.41, 5.74) is 3.06. The van der Waals surface area contributed by atoms with Crippen LogP contribution in [0.15, 0.2) is 54.7 Å². The smallest absolute Gasteiger partial charge is 0.0544 e. The van der Waals surface area contributed by atoms with E-state index in [1.54, 1.807) is 0 Å². The quantitative estimate of drug-likeness (QED) is 0.917. The molecule has 1 aliphatic carbocycles. The first-order valence-electron chi connectivity index (χ1n) is 9.72. The third-order valence-electron chi connectivity index (χ3n) is 6.52. The number of nitrogens with one attached hydrogen (secondary N) is 1. The molecule has 1 aromatic carbocycles. The average molecular weight is 351 g/mol. The van der Waals surface area contributed by atoms with E-state index in [9.17, 15) is 0 Å². The second kappa shape index (κ2) is 7.10. The first-order chi connectivity index (χ1) is 12.6. The second-order valence-electron chi connectivity index (χ2n) is 8.22. The van der Waals surface area contributed by atoms with Crippen LogP contribution in [0.3, 0.4) is 0 Å². The van der Waals surface area contributed by atoms with Crippen molar-refractivity contribution in [2.75, 3.05) is 27.3 Å². The Morgan fingerprint density at radius 3 is 2.38 bits per heavy atom. The summed E-state index contributed by atoms with van der Waals surface area (Å²) in [7, 11) is 4.47. The lowest BCUT2D eigenvalue weighted by Gasteiger charge is -2.49. The molecule has 2 aromatic rings. The molecule has 1 aromatic heterocycles. The Labute approximate surface area is 157 Å². The standard InChI is InChI=1S/C22H30N4/c1-25(2)22(19-8-4-3-5-9-19)13-11-21(12-14-22)17-26(18-24-21)16-20-10-6-7-15-23-20/h3-10,15,24H,11-14,16-18H2,1-2H3. The summed E-state index contributed by atoms with van der Waals surface area (Å²) in [6.45, 7) is 3.03. The van der Waals surface area contributed by atoms with Gasteiger partial charge >= 0.3 is 0 Å². The van der Waals surface area contributed by atoms with E-state index in [1.807, 2.05) is 12.3 Å². The molecule has 2 heterocycles. The second-order valence-corrected chi connectivity index (χ2v) is 8.22. The fourth-order valence-electron chi connectivity index (χ4n) is 4.87. The predicted octanol–water partition coefficient (Wildman–Crippen LogP) is 3.21. The molecule has 0 amide bonds. The van der Waals surface area contributed by atoms with Gasteiger partial charge in [0.15, 0.2) is 0 Å². The zero-order valence-electron chi connectivity index (χ0n) is 16.0. The van der Waals surface area contributed by atoms with E-state index in [0.717, 1.165) is 25.5 Å². The summed E-state index contributed by atoms with van der Waals surface area (Å²) in [5.74, 6) is 0. The third kappa shape index (κ3) is 3.29. The molecule has 1 aliphatic heterocycles. The van der Waals surface area contributed by atoms with Gasteiger partial charge in [-0.3, -0.25) is 20.1 Å². The molecule has 1 N–H and O–H groups in total. The van der Waals surface area contributed by atoms with Crippen LogP contribution in [0.2, 0.25) is 0 Å². The van der Waals surface area contributed by atoms with Gasteiger partial charge in [-0.05, 0) is 57.5 Å². The summed E-state index contributed by atoms with van der Waals surface area (Å²) >= 11 is 0. The molecule has 1 saturated heterocycles. The van der Waals surface area contributed by atoms with E-state index in [1.165, 1.54) is 31.2 Å². The van der Waals surface area contributed by atoms with Crippen molar-refractivity contribution in [2.45, 2.75) is 43.3 Å². The molecule has 26 heavy (non-hydrogen) atoms. The normalized spacial score (nSPS) is 29.5. The maximum atomic E-state index is 4.49. The first-order valence-corrected chi connectivity index (χ1v) is 9.72. The minimum atomic E-state index is 0.169. The Morgan fingerprint density at radius 2 is 1.73 bits per heavy atom. The first kappa shape index (κ1) is 17.7. The third-order valence-corrected chi connectivity index (χ3v) is 6.52. The van der Waals surface area contributed by atoms with Crippen LogP contribution in [0.1, 0.15) is 36.9 Å². The lowest BCUT2D eigenvalue weighted by molar-refractivity contribution is 0.0616. The van der Waals surface area contributed by atoms with E-state index in [2.05, 4.69) is 76.7 Å². The highest BCUT2D eigenvalue weighted by Crippen LogP contribution is 2.45. The SMILES string of the molecule is CN(C)C1(c2ccccc2)CCC2(CC1)CN(Cc1ccccn1)CN2. The number of benzene rings is 1. The van der Waals surface area contributed by atoms with Crippen LogP contribution in [0, 0.1) is 0 Å². The number of hydrogen-bond donors (Lipinski definition) is 1. The van der Waals surface area contributed by atoms with Crippen LogP contribution in [0.4, 0.5) is 0 Å². The van der Waals surface area contributed by atoms with Crippen LogP contribution in [-0.2, 0) is 12.1 Å². The molecule has 138 valence electrons. The molecule has 2 aliphatic rings. The number of aromatic nitrogens is 1. The molecule has 4 heteroatoms. The largest absolute Gasteiger partial charge is 0.300 e. The molecule has 4 nitrogen and oxygen atoms in total. The molecule has 2 fully saturated rings. The van der Waals surface area contributed by atoms with Crippen molar-refractivity contribution in [1.82, 2.24) is 20.1 Å². The van der Waals surface area contributed by atoms with E-state index in [0.29, 0.717) is 0 Å². The predicted molar refractivity (Wildman–Crippen MR) is 106 cm³/mol. The molecule has 1 saturated carbocycles. The molecule has 4 rings (SSSR count). The van der Waals surface area contributed by atoms with Crippen LogP contribution in [0.5, 0.6) is 0 Å². The van der Waals surface area contributed by atoms with Crippen LogP contribution in [-0.4, -0.2) is 47.6 Å². The zero-order chi connectivity index (χ0) is 18.0. The van der Waals surface area contributed by atoms with Gasteiger partial charge in [-0.2, -0.15) is 0 Å². The average Bonchev–Trinajstić information content (AvgIpc) is 3.06. The maximum Gasteiger partial charge on any atom is 0.0544 e. The molecular formula is C22H30N4. The number of pyridine rings is 1. The molecule has 0 bridgehead atoms. The van der Waals surface area contributed by atoms with Crippen LogP contribution >= 0.6 is 0 Å². The van der Waals surface area contributed by atoms with E-state index < -0.39 is 0 Å². The monoisotopic (exact) mass is 350 g/mol. The summed E-state index contributed by atoms with van der Waals surface area (Å²) < 4.78 is 0. The van der Waals surface area contributed by atoms with Gasteiger partial charge in [0.2, 0.25) is 0 Å². The fourth-order valence-corrected chi connectivity index (χ4v) is 4.87. The summed E-state index contributed by atoms with van der Waals surface area (Å²) in [5, 5.41) is 3.85. The van der Waals surface area contributed by atoms with Crippen molar-refractivity contribution in [1.29, 1.82) is 0 Å². The van der Waals surface area contributed by atoms with Crippen LogP contribution < -0.4 is 5.32 Å². The Kier molecular flexibility index (Phi) is 4.82. The van der Waals surface area contributed by atoms with Crippen LogP contribution in [0.25, 0.3) is 0 Å². The van der Waals surface area contributed by atoms with Crippen molar-refractivity contribution in [3.63, 3.8) is 0 Å². The fraction of sp³-hybridized carbons (Fsp3) is 0.500. The Bertz CT molecular complexity index is 705. The van der Waals surface area contributed by atoms with Gasteiger partial charge in [0.1, 0.15) is 0 Å². The van der Waals surface area contributed by atoms with Gasteiger partial charge in [0.25, 0.3) is 0 Å². The molecule has 1 spiro atoms. The van der Waals surface area contributed by atoms with Gasteiger partial charge in [0.05, 0.1) is 5.69 Å². The van der Waals surface area contributed by atoms with E-state index in [-0.39, 0.29) is 11.1 Å². The van der Waals surface area contributed by atoms with E-state index in [4.69, 9.17) is 0 Å². The number of rotatable bonds is 4. The van der Waals surface area contributed by atoms with Gasteiger partial charge in [-0.1, -0.05) is 36.4 Å². The Balaban J connectivity index is 1.44. The molecular weight excluding hydrogens is 320 g/mol. The Hall–Kier alpha value is -1.75. The highest BCUT2D eigenvalue weighted by molar-refractivity contribution is 5.26. The molecule has 0 radical (unpaired) electrons. The van der Waals surface area contributed by atoms with Crippen molar-refractivity contribution < 1.29 is 0 Å². The number of hydrogen-bond acceptors (Lipinski definition) is 4. The molecule has 0 atom stereocenters. The highest BCUT2D eigenvalue weighted by Gasteiger charge is 2.47. The minimum absolute atomic E-state index is 0.169. The van der Waals surface area contributed by atoms with Crippen molar-refractivity contribution >= 4 is 0 Å². The van der Waals surface area contributed by atoms with Crippen molar-refractivity contribution in [3.05, 3.63) is 66.0 Å².